The van der Waals surface area contributed by atoms with Gasteiger partial charge in [-0.05, 0) is 18.9 Å². The second-order valence-corrected chi connectivity index (χ2v) is 5.44. The molecule has 0 saturated heterocycles. The van der Waals surface area contributed by atoms with Crippen molar-refractivity contribution < 1.29 is 9.53 Å². The highest BCUT2D eigenvalue weighted by atomic mass is 16.5. The van der Waals surface area contributed by atoms with Gasteiger partial charge < -0.3 is 15.9 Å². The van der Waals surface area contributed by atoms with Crippen LogP contribution in [-0.4, -0.2) is 16.6 Å². The maximum absolute atomic E-state index is 12.5. The molecule has 0 aliphatic carbocycles. The molecule has 1 aromatic heterocycles. The highest BCUT2D eigenvalue weighted by molar-refractivity contribution is 5.95. The van der Waals surface area contributed by atoms with Gasteiger partial charge in [0.2, 0.25) is 5.43 Å². The Bertz CT molecular complexity index is 769. The van der Waals surface area contributed by atoms with Crippen molar-refractivity contribution in [3.05, 3.63) is 76.7 Å². The normalized spacial score (nSPS) is 11.5. The Morgan fingerprint density at radius 3 is 2.75 bits per heavy atom. The predicted molar refractivity (Wildman–Crippen MR) is 93.4 cm³/mol. The van der Waals surface area contributed by atoms with Gasteiger partial charge in [0.15, 0.2) is 11.4 Å². The van der Waals surface area contributed by atoms with E-state index in [1.807, 2.05) is 37.3 Å². The minimum atomic E-state index is -0.465. The van der Waals surface area contributed by atoms with E-state index in [0.29, 0.717) is 6.42 Å². The van der Waals surface area contributed by atoms with E-state index in [9.17, 15) is 9.59 Å². The van der Waals surface area contributed by atoms with Gasteiger partial charge in [0, 0.05) is 18.3 Å². The zero-order chi connectivity index (χ0) is 17.5. The van der Waals surface area contributed by atoms with E-state index in [0.717, 1.165) is 10.2 Å². The molecule has 0 spiro atoms. The molecule has 0 saturated carbocycles. The minimum Gasteiger partial charge on any atom is -0.482 e. The molecule has 126 valence electrons. The molecule has 1 heterocycles. The first-order valence-corrected chi connectivity index (χ1v) is 7.62. The van der Waals surface area contributed by atoms with Crippen molar-refractivity contribution in [2.24, 2.45) is 0 Å². The molecule has 6 heteroatoms. The Kier molecular flexibility index (Phi) is 5.78. The fraction of sp³-hybridized carbons (Fsp3) is 0.222. The second-order valence-electron chi connectivity index (χ2n) is 5.44. The number of pyridine rings is 1. The first-order chi connectivity index (χ1) is 11.5. The van der Waals surface area contributed by atoms with E-state index >= 15 is 0 Å². The lowest BCUT2D eigenvalue weighted by Gasteiger charge is -2.16. The van der Waals surface area contributed by atoms with Crippen LogP contribution in [0.2, 0.25) is 0 Å². The quantitative estimate of drug-likeness (QED) is 0.600. The highest BCUT2D eigenvalue weighted by Gasteiger charge is 2.20. The van der Waals surface area contributed by atoms with Crippen LogP contribution in [0.25, 0.3) is 0 Å². The third kappa shape index (κ3) is 4.25. The number of carbonyl (C=O) groups excluding carboxylic acids is 1. The van der Waals surface area contributed by atoms with E-state index in [1.165, 1.54) is 12.3 Å². The molecule has 24 heavy (non-hydrogen) atoms. The van der Waals surface area contributed by atoms with Crippen LogP contribution in [0.15, 0.2) is 60.0 Å². The molecule has 0 radical (unpaired) electrons. The number of nitrogens with one attached hydrogen (secondary N) is 1. The number of benzene rings is 1. The number of hydrogen-bond donors (Lipinski definition) is 2. The average molecular weight is 327 g/mol. The SMILES string of the molecule is C=CCC(C)NC(=O)c1c(OCc2ccccc2)c(=O)ccn1N. The van der Waals surface area contributed by atoms with Gasteiger partial charge in [0.25, 0.3) is 5.91 Å². The Morgan fingerprint density at radius 1 is 1.38 bits per heavy atom. The van der Waals surface area contributed by atoms with Crippen molar-refractivity contribution >= 4 is 5.91 Å². The topological polar surface area (TPSA) is 86.3 Å². The monoisotopic (exact) mass is 327 g/mol. The zero-order valence-corrected chi connectivity index (χ0v) is 13.6. The first-order valence-electron chi connectivity index (χ1n) is 7.62. The third-order valence-corrected chi connectivity index (χ3v) is 3.42. The van der Waals surface area contributed by atoms with Crippen LogP contribution in [-0.2, 0) is 6.61 Å². The Balaban J connectivity index is 2.26. The fourth-order valence-electron chi connectivity index (χ4n) is 2.22. The summed E-state index contributed by atoms with van der Waals surface area (Å²) in [5, 5.41) is 2.77. The molecule has 0 aliphatic heterocycles. The molecule has 6 nitrogen and oxygen atoms in total. The molecule has 2 aromatic rings. The van der Waals surface area contributed by atoms with Gasteiger partial charge in [-0.1, -0.05) is 36.4 Å². The molecule has 1 unspecified atom stereocenters. The molecular weight excluding hydrogens is 306 g/mol. The fourth-order valence-corrected chi connectivity index (χ4v) is 2.22. The number of hydrogen-bond acceptors (Lipinski definition) is 4. The molecule has 1 atom stereocenters. The van der Waals surface area contributed by atoms with E-state index < -0.39 is 11.3 Å². The summed E-state index contributed by atoms with van der Waals surface area (Å²) in [7, 11) is 0. The van der Waals surface area contributed by atoms with Crippen LogP contribution >= 0.6 is 0 Å². The summed E-state index contributed by atoms with van der Waals surface area (Å²) in [6.07, 6.45) is 3.65. The van der Waals surface area contributed by atoms with Gasteiger partial charge >= 0.3 is 0 Å². The van der Waals surface area contributed by atoms with Gasteiger partial charge in [-0.3, -0.25) is 14.3 Å². The van der Waals surface area contributed by atoms with Gasteiger partial charge in [0.05, 0.1) is 0 Å². The van der Waals surface area contributed by atoms with Crippen LogP contribution in [0.4, 0.5) is 0 Å². The van der Waals surface area contributed by atoms with Crippen molar-refractivity contribution in [3.63, 3.8) is 0 Å². The predicted octanol–water partition coefficient (Wildman–Crippen LogP) is 1.84. The molecule has 1 aromatic carbocycles. The molecule has 0 fully saturated rings. The Hall–Kier alpha value is -3.02. The van der Waals surface area contributed by atoms with Crippen molar-refractivity contribution in [1.82, 2.24) is 9.99 Å². The van der Waals surface area contributed by atoms with Crippen LogP contribution in [0.5, 0.6) is 5.75 Å². The molecule has 1 amide bonds. The van der Waals surface area contributed by atoms with Crippen molar-refractivity contribution in [1.29, 1.82) is 0 Å². The van der Waals surface area contributed by atoms with Gasteiger partial charge in [-0.15, -0.1) is 6.58 Å². The Labute approximate surface area is 140 Å². The third-order valence-electron chi connectivity index (χ3n) is 3.42. The highest BCUT2D eigenvalue weighted by Crippen LogP contribution is 2.14. The molecule has 3 N–H and O–H groups in total. The maximum atomic E-state index is 12.5. The summed E-state index contributed by atoms with van der Waals surface area (Å²) in [4.78, 5) is 24.6. The summed E-state index contributed by atoms with van der Waals surface area (Å²) < 4.78 is 6.70. The smallest absolute Gasteiger partial charge is 0.274 e. The molecule has 0 bridgehead atoms. The summed E-state index contributed by atoms with van der Waals surface area (Å²) in [6, 6.07) is 10.5. The molecule has 2 rings (SSSR count). The number of rotatable bonds is 7. The van der Waals surface area contributed by atoms with Crippen LogP contribution in [0, 0.1) is 0 Å². The average Bonchev–Trinajstić information content (AvgIpc) is 2.56. The summed E-state index contributed by atoms with van der Waals surface area (Å²) in [5.41, 5.74) is 0.485. The van der Waals surface area contributed by atoms with Gasteiger partial charge in [-0.2, -0.15) is 0 Å². The van der Waals surface area contributed by atoms with Gasteiger partial charge in [0.1, 0.15) is 6.61 Å². The standard InChI is InChI=1S/C18H21N3O3/c1-3-7-13(2)20-18(23)16-17(15(22)10-11-21(16)19)24-12-14-8-5-4-6-9-14/h3-6,8-11,13H,1,7,12,19H2,2H3,(H,20,23). The largest absolute Gasteiger partial charge is 0.482 e. The number of carbonyl (C=O) groups is 1. The number of amides is 1. The van der Waals surface area contributed by atoms with E-state index in [-0.39, 0.29) is 24.1 Å². The van der Waals surface area contributed by atoms with E-state index in [2.05, 4.69) is 11.9 Å². The zero-order valence-electron chi connectivity index (χ0n) is 13.6. The number of ether oxygens (including phenoxy) is 1. The lowest BCUT2D eigenvalue weighted by molar-refractivity contribution is 0.0926. The van der Waals surface area contributed by atoms with Crippen molar-refractivity contribution in [2.75, 3.05) is 5.84 Å². The lowest BCUT2D eigenvalue weighted by Crippen LogP contribution is -2.37. The first kappa shape index (κ1) is 17.3. The Morgan fingerprint density at radius 2 is 2.08 bits per heavy atom. The van der Waals surface area contributed by atoms with E-state index in [4.69, 9.17) is 10.6 Å². The number of nitrogen functional groups attached to an aromatic ring is 1. The number of nitrogens with zero attached hydrogens (tertiary/aromatic N) is 1. The van der Waals surface area contributed by atoms with Gasteiger partial charge in [-0.25, -0.2) is 0 Å². The van der Waals surface area contributed by atoms with Crippen LogP contribution in [0.3, 0.4) is 0 Å². The summed E-state index contributed by atoms with van der Waals surface area (Å²) in [6.45, 7) is 5.65. The molecular formula is C18H21N3O3. The second kappa shape index (κ2) is 8.01. The number of nitrogens with two attached hydrogens (primary N) is 1. The van der Waals surface area contributed by atoms with Crippen molar-refractivity contribution in [2.45, 2.75) is 26.0 Å². The lowest BCUT2D eigenvalue weighted by atomic mass is 10.2. The molecule has 0 aliphatic rings. The van der Waals surface area contributed by atoms with E-state index in [1.54, 1.807) is 6.08 Å². The summed E-state index contributed by atoms with van der Waals surface area (Å²) in [5.74, 6) is 5.30. The van der Waals surface area contributed by atoms with Crippen molar-refractivity contribution in [3.8, 4) is 5.75 Å². The number of aromatic nitrogens is 1. The maximum Gasteiger partial charge on any atom is 0.274 e. The van der Waals surface area contributed by atoms with Crippen LogP contribution < -0.4 is 21.3 Å². The summed E-state index contributed by atoms with van der Waals surface area (Å²) >= 11 is 0. The van der Waals surface area contributed by atoms with Crippen LogP contribution in [0.1, 0.15) is 29.4 Å². The minimum absolute atomic E-state index is 0.00524.